The van der Waals surface area contributed by atoms with E-state index in [1.165, 1.54) is 17.8 Å². The summed E-state index contributed by atoms with van der Waals surface area (Å²) in [5.41, 5.74) is -0.353. The molecule has 1 amide bonds. The van der Waals surface area contributed by atoms with Gasteiger partial charge >= 0.3 is 6.18 Å². The van der Waals surface area contributed by atoms with E-state index in [-0.39, 0.29) is 12.5 Å². The van der Waals surface area contributed by atoms with Gasteiger partial charge in [0.05, 0.1) is 17.9 Å². The van der Waals surface area contributed by atoms with Gasteiger partial charge in [-0.2, -0.15) is 13.2 Å². The smallest absolute Gasteiger partial charge is 0.378 e. The second kappa shape index (κ2) is 9.06. The quantitative estimate of drug-likeness (QED) is 0.711. The van der Waals surface area contributed by atoms with Crippen LogP contribution in [0.15, 0.2) is 29.4 Å². The molecular weight excluding hydrogens is 403 g/mol. The zero-order valence-electron chi connectivity index (χ0n) is 16.4. The first-order valence-corrected chi connectivity index (χ1v) is 10.4. The van der Waals surface area contributed by atoms with E-state index in [1.54, 1.807) is 17.7 Å². The number of anilines is 1. The van der Waals surface area contributed by atoms with Crippen molar-refractivity contribution in [3.8, 4) is 0 Å². The highest BCUT2D eigenvalue weighted by atomic mass is 32.2. The lowest BCUT2D eigenvalue weighted by Crippen LogP contribution is -2.38. The normalized spacial score (nSPS) is 15.6. The second-order valence-corrected chi connectivity index (χ2v) is 8.18. The van der Waals surface area contributed by atoms with Crippen molar-refractivity contribution in [3.05, 3.63) is 35.7 Å². The maximum Gasteiger partial charge on any atom is 0.416 e. The molecule has 1 aromatic carbocycles. The SMILES string of the molecule is CC1CCN(C(=O)CSc2nnc(CNc3cccc(C(F)(F)F)c3)n2C)CC1. The molecule has 158 valence electrons. The predicted octanol–water partition coefficient (Wildman–Crippen LogP) is 3.80. The number of alkyl halides is 3. The van der Waals surface area contributed by atoms with Crippen LogP contribution in [0, 0.1) is 5.92 Å². The van der Waals surface area contributed by atoms with Crippen LogP contribution < -0.4 is 5.32 Å². The van der Waals surface area contributed by atoms with Crippen LogP contribution in [-0.4, -0.2) is 44.4 Å². The summed E-state index contributed by atoms with van der Waals surface area (Å²) in [4.78, 5) is 14.3. The fourth-order valence-corrected chi connectivity index (χ4v) is 3.92. The molecule has 2 aromatic rings. The maximum absolute atomic E-state index is 12.8. The number of carbonyl (C=O) groups excluding carboxylic acids is 1. The first-order chi connectivity index (χ1) is 13.7. The monoisotopic (exact) mass is 427 g/mol. The van der Waals surface area contributed by atoms with Crippen LogP contribution in [0.2, 0.25) is 0 Å². The molecular formula is C19H24F3N5OS. The first kappa shape index (κ1) is 21.5. The Hall–Kier alpha value is -2.23. The summed E-state index contributed by atoms with van der Waals surface area (Å²) in [5, 5.41) is 11.7. The first-order valence-electron chi connectivity index (χ1n) is 9.44. The molecule has 0 aliphatic carbocycles. The minimum absolute atomic E-state index is 0.0912. The number of halogens is 3. The number of benzene rings is 1. The molecule has 2 heterocycles. The van der Waals surface area contributed by atoms with Crippen LogP contribution in [-0.2, 0) is 24.6 Å². The van der Waals surface area contributed by atoms with Crippen LogP contribution >= 0.6 is 11.8 Å². The number of aromatic nitrogens is 3. The number of likely N-dealkylation sites (tertiary alicyclic amines) is 1. The number of nitrogens with zero attached hydrogens (tertiary/aromatic N) is 4. The van der Waals surface area contributed by atoms with Crippen molar-refractivity contribution in [1.82, 2.24) is 19.7 Å². The van der Waals surface area contributed by atoms with Crippen molar-refractivity contribution in [3.63, 3.8) is 0 Å². The number of rotatable bonds is 6. The van der Waals surface area contributed by atoms with Gasteiger partial charge in [-0.25, -0.2) is 0 Å². The van der Waals surface area contributed by atoms with Crippen LogP contribution in [0.25, 0.3) is 0 Å². The number of carbonyl (C=O) groups is 1. The molecule has 1 aliphatic heterocycles. The second-order valence-electron chi connectivity index (χ2n) is 7.24. The molecule has 1 aliphatic rings. The van der Waals surface area contributed by atoms with Crippen LogP contribution in [0.1, 0.15) is 31.2 Å². The summed E-state index contributed by atoms with van der Waals surface area (Å²) in [7, 11) is 1.78. The van der Waals surface area contributed by atoms with Gasteiger partial charge in [-0.05, 0) is 37.0 Å². The highest BCUT2D eigenvalue weighted by molar-refractivity contribution is 7.99. The standard InChI is InChI=1S/C19H24F3N5OS/c1-13-6-8-27(9-7-13)17(28)12-29-18-25-24-16(26(18)2)11-23-15-5-3-4-14(10-15)19(20,21)22/h3-5,10,13,23H,6-9,11-12H2,1-2H3. The van der Waals surface area contributed by atoms with Crippen LogP contribution in [0.3, 0.4) is 0 Å². The molecule has 0 saturated carbocycles. The fourth-order valence-electron chi connectivity index (χ4n) is 3.09. The molecule has 1 N–H and O–H groups in total. The Morgan fingerprint density at radius 2 is 2.00 bits per heavy atom. The summed E-state index contributed by atoms with van der Waals surface area (Å²) in [6.45, 7) is 4.02. The van der Waals surface area contributed by atoms with Crippen molar-refractivity contribution >= 4 is 23.4 Å². The number of amides is 1. The van der Waals surface area contributed by atoms with Gasteiger partial charge in [0, 0.05) is 25.8 Å². The highest BCUT2D eigenvalue weighted by Gasteiger charge is 2.30. The van der Waals surface area contributed by atoms with Gasteiger partial charge in [0.1, 0.15) is 0 Å². The van der Waals surface area contributed by atoms with Crippen molar-refractivity contribution in [2.75, 3.05) is 24.2 Å². The van der Waals surface area contributed by atoms with Crippen LogP contribution in [0.4, 0.5) is 18.9 Å². The summed E-state index contributed by atoms with van der Waals surface area (Å²) in [5.74, 6) is 1.62. The summed E-state index contributed by atoms with van der Waals surface area (Å²) >= 11 is 1.32. The fraction of sp³-hybridized carbons (Fsp3) is 0.526. The molecule has 0 radical (unpaired) electrons. The average Bonchev–Trinajstić information content (AvgIpc) is 3.04. The molecule has 0 unspecified atom stereocenters. The van der Waals surface area contributed by atoms with Crippen molar-refractivity contribution in [2.45, 2.75) is 37.6 Å². The predicted molar refractivity (Wildman–Crippen MR) is 105 cm³/mol. The molecule has 1 saturated heterocycles. The van der Waals surface area contributed by atoms with E-state index in [0.29, 0.717) is 28.3 Å². The van der Waals surface area contributed by atoms with E-state index in [1.807, 2.05) is 4.90 Å². The van der Waals surface area contributed by atoms with Crippen molar-refractivity contribution in [1.29, 1.82) is 0 Å². The number of thioether (sulfide) groups is 1. The van der Waals surface area contributed by atoms with E-state index < -0.39 is 11.7 Å². The number of hydrogen-bond acceptors (Lipinski definition) is 5. The lowest BCUT2D eigenvalue weighted by molar-refractivity contribution is -0.137. The molecule has 3 rings (SSSR count). The highest BCUT2D eigenvalue weighted by Crippen LogP contribution is 2.30. The Morgan fingerprint density at radius 3 is 2.69 bits per heavy atom. The Labute approximate surface area is 171 Å². The molecule has 0 bridgehead atoms. The lowest BCUT2D eigenvalue weighted by Gasteiger charge is -2.30. The van der Waals surface area contributed by atoms with Gasteiger partial charge in [-0.15, -0.1) is 10.2 Å². The molecule has 29 heavy (non-hydrogen) atoms. The van der Waals surface area contributed by atoms with E-state index in [4.69, 9.17) is 0 Å². The van der Waals surface area contributed by atoms with Gasteiger partial charge in [-0.1, -0.05) is 24.8 Å². The third kappa shape index (κ3) is 5.65. The molecule has 1 aromatic heterocycles. The largest absolute Gasteiger partial charge is 0.416 e. The molecule has 1 fully saturated rings. The van der Waals surface area contributed by atoms with Crippen molar-refractivity contribution < 1.29 is 18.0 Å². The average molecular weight is 427 g/mol. The van der Waals surface area contributed by atoms with Crippen molar-refractivity contribution in [2.24, 2.45) is 13.0 Å². The van der Waals surface area contributed by atoms with Gasteiger partial charge in [0.15, 0.2) is 11.0 Å². The van der Waals surface area contributed by atoms with Gasteiger partial charge in [0.25, 0.3) is 0 Å². The number of piperidine rings is 1. The zero-order valence-corrected chi connectivity index (χ0v) is 17.2. The van der Waals surface area contributed by atoms with Crippen LogP contribution in [0.5, 0.6) is 0 Å². The Morgan fingerprint density at radius 1 is 1.28 bits per heavy atom. The minimum atomic E-state index is -4.38. The number of nitrogens with one attached hydrogen (secondary N) is 1. The summed E-state index contributed by atoms with van der Waals surface area (Å²) in [6, 6.07) is 5.02. The van der Waals surface area contributed by atoms with Gasteiger partial charge in [-0.3, -0.25) is 4.79 Å². The van der Waals surface area contributed by atoms with E-state index in [0.717, 1.165) is 38.1 Å². The van der Waals surface area contributed by atoms with E-state index >= 15 is 0 Å². The summed E-state index contributed by atoms with van der Waals surface area (Å²) in [6.07, 6.45) is -2.32. The maximum atomic E-state index is 12.8. The Bertz CT molecular complexity index is 847. The summed E-state index contributed by atoms with van der Waals surface area (Å²) < 4.78 is 40.2. The molecule has 0 atom stereocenters. The Balaban J connectivity index is 1.54. The lowest BCUT2D eigenvalue weighted by atomic mass is 9.99. The van der Waals surface area contributed by atoms with E-state index in [2.05, 4.69) is 22.4 Å². The number of hydrogen-bond donors (Lipinski definition) is 1. The van der Waals surface area contributed by atoms with Gasteiger partial charge < -0.3 is 14.8 Å². The molecule has 10 heteroatoms. The third-order valence-corrected chi connectivity index (χ3v) is 6.03. The zero-order chi connectivity index (χ0) is 21.0. The van der Waals surface area contributed by atoms with E-state index in [9.17, 15) is 18.0 Å². The topological polar surface area (TPSA) is 63.1 Å². The van der Waals surface area contributed by atoms with Gasteiger partial charge in [0.2, 0.25) is 5.91 Å². The molecule has 0 spiro atoms. The minimum Gasteiger partial charge on any atom is -0.378 e. The Kier molecular flexibility index (Phi) is 6.71. The molecule has 6 nitrogen and oxygen atoms in total. The third-order valence-electron chi connectivity index (χ3n) is 5.03.